The van der Waals surface area contributed by atoms with Crippen LogP contribution in [0.1, 0.15) is 16.7 Å². The normalized spacial score (nSPS) is 14.9. The fourth-order valence-corrected chi connectivity index (χ4v) is 2.25. The first-order valence-corrected chi connectivity index (χ1v) is 5.17. The highest BCUT2D eigenvalue weighted by molar-refractivity contribution is 5.79. The Kier molecular flexibility index (Phi) is 1.84. The molecule has 0 spiro atoms. The summed E-state index contributed by atoms with van der Waals surface area (Å²) in [7, 11) is 0. The van der Waals surface area contributed by atoms with Gasteiger partial charge in [0, 0.05) is 11.1 Å². The standard InChI is InChI=1S/C14H7F2N/c15-14(16)12-4-2-1-3-10(12)11-6-5-9(8-17)7-13(11)14/h1-7H. The van der Waals surface area contributed by atoms with E-state index in [4.69, 9.17) is 5.26 Å². The average molecular weight is 227 g/mol. The van der Waals surface area contributed by atoms with Crippen molar-refractivity contribution in [3.05, 3.63) is 59.2 Å². The molecular formula is C14H7F2N. The molecule has 0 atom stereocenters. The molecule has 82 valence electrons. The molecule has 0 heterocycles. The monoisotopic (exact) mass is 227 g/mol. The first-order valence-electron chi connectivity index (χ1n) is 5.17. The summed E-state index contributed by atoms with van der Waals surface area (Å²) in [5.74, 6) is -3.00. The third-order valence-corrected chi connectivity index (χ3v) is 3.04. The van der Waals surface area contributed by atoms with Gasteiger partial charge < -0.3 is 0 Å². The van der Waals surface area contributed by atoms with Crippen LogP contribution in [0.3, 0.4) is 0 Å². The maximum absolute atomic E-state index is 14.1. The lowest BCUT2D eigenvalue weighted by Crippen LogP contribution is -2.10. The van der Waals surface area contributed by atoms with Crippen LogP contribution in [0.5, 0.6) is 0 Å². The van der Waals surface area contributed by atoms with E-state index in [2.05, 4.69) is 0 Å². The number of halogens is 2. The number of hydrogen-bond donors (Lipinski definition) is 0. The number of nitrogens with zero attached hydrogens (tertiary/aromatic N) is 1. The molecule has 17 heavy (non-hydrogen) atoms. The third kappa shape index (κ3) is 1.21. The zero-order valence-corrected chi connectivity index (χ0v) is 8.74. The molecule has 0 fully saturated rings. The number of alkyl halides is 2. The van der Waals surface area contributed by atoms with Crippen molar-refractivity contribution < 1.29 is 8.78 Å². The lowest BCUT2D eigenvalue weighted by atomic mass is 10.0. The van der Waals surface area contributed by atoms with Crippen molar-refractivity contribution in [2.45, 2.75) is 5.92 Å². The van der Waals surface area contributed by atoms with E-state index in [1.54, 1.807) is 30.3 Å². The summed E-state index contributed by atoms with van der Waals surface area (Å²) in [4.78, 5) is 0. The maximum atomic E-state index is 14.1. The Morgan fingerprint density at radius 2 is 1.65 bits per heavy atom. The van der Waals surface area contributed by atoms with Gasteiger partial charge in [-0.05, 0) is 23.3 Å². The molecule has 0 aromatic heterocycles. The van der Waals surface area contributed by atoms with Crippen LogP contribution in [0.15, 0.2) is 42.5 Å². The Morgan fingerprint density at radius 3 is 2.41 bits per heavy atom. The van der Waals surface area contributed by atoms with Crippen molar-refractivity contribution in [2.24, 2.45) is 0 Å². The summed E-state index contributed by atoms with van der Waals surface area (Å²) < 4.78 is 28.3. The van der Waals surface area contributed by atoms with Crippen LogP contribution < -0.4 is 0 Å². The highest BCUT2D eigenvalue weighted by atomic mass is 19.3. The maximum Gasteiger partial charge on any atom is 0.299 e. The van der Waals surface area contributed by atoms with Gasteiger partial charge in [-0.1, -0.05) is 30.3 Å². The van der Waals surface area contributed by atoms with Crippen LogP contribution in [-0.4, -0.2) is 0 Å². The first kappa shape index (κ1) is 9.98. The highest BCUT2D eigenvalue weighted by Gasteiger charge is 2.44. The molecule has 0 aliphatic heterocycles. The van der Waals surface area contributed by atoms with Crippen molar-refractivity contribution in [3.8, 4) is 17.2 Å². The Hall–Kier alpha value is -2.21. The van der Waals surface area contributed by atoms with E-state index in [1.807, 2.05) is 6.07 Å². The lowest BCUT2D eigenvalue weighted by Gasteiger charge is -2.11. The van der Waals surface area contributed by atoms with Gasteiger partial charge in [0.05, 0.1) is 11.6 Å². The largest absolute Gasteiger partial charge is 0.299 e. The molecule has 3 heteroatoms. The van der Waals surface area contributed by atoms with Crippen molar-refractivity contribution in [2.75, 3.05) is 0 Å². The van der Waals surface area contributed by atoms with Gasteiger partial charge in [0.15, 0.2) is 0 Å². The molecule has 0 saturated heterocycles. The Labute approximate surface area is 96.9 Å². The third-order valence-electron chi connectivity index (χ3n) is 3.04. The second-order valence-electron chi connectivity index (χ2n) is 3.99. The van der Waals surface area contributed by atoms with E-state index < -0.39 is 5.92 Å². The van der Waals surface area contributed by atoms with Gasteiger partial charge >= 0.3 is 0 Å². The van der Waals surface area contributed by atoms with Gasteiger partial charge in [-0.2, -0.15) is 14.0 Å². The number of fused-ring (bicyclic) bond motifs is 3. The van der Waals surface area contributed by atoms with Gasteiger partial charge in [0.2, 0.25) is 0 Å². The van der Waals surface area contributed by atoms with Gasteiger partial charge in [0.25, 0.3) is 5.92 Å². The van der Waals surface area contributed by atoms with Crippen molar-refractivity contribution in [3.63, 3.8) is 0 Å². The van der Waals surface area contributed by atoms with Crippen LogP contribution in [0.4, 0.5) is 8.78 Å². The number of benzene rings is 2. The van der Waals surface area contributed by atoms with E-state index in [0.717, 1.165) is 0 Å². The summed E-state index contributed by atoms with van der Waals surface area (Å²) in [6.45, 7) is 0. The fraction of sp³-hybridized carbons (Fsp3) is 0.0714. The minimum absolute atomic E-state index is 0.0186. The minimum atomic E-state index is -3.00. The van der Waals surface area contributed by atoms with Crippen molar-refractivity contribution in [1.29, 1.82) is 5.26 Å². The molecule has 0 saturated carbocycles. The molecule has 2 aromatic rings. The van der Waals surface area contributed by atoms with E-state index in [-0.39, 0.29) is 16.7 Å². The molecule has 3 rings (SSSR count). The summed E-state index contributed by atoms with van der Waals surface area (Å²) >= 11 is 0. The van der Waals surface area contributed by atoms with Crippen LogP contribution in [0.2, 0.25) is 0 Å². The number of hydrogen-bond acceptors (Lipinski definition) is 1. The lowest BCUT2D eigenvalue weighted by molar-refractivity contribution is 0.0480. The average Bonchev–Trinajstić information content (AvgIpc) is 2.59. The smallest absolute Gasteiger partial charge is 0.196 e. The topological polar surface area (TPSA) is 23.8 Å². The second-order valence-corrected chi connectivity index (χ2v) is 3.99. The van der Waals surface area contributed by atoms with Crippen LogP contribution >= 0.6 is 0 Å². The summed E-state index contributed by atoms with van der Waals surface area (Å²) in [5.41, 5.74) is 1.28. The Bertz CT molecular complexity index is 654. The zero-order valence-electron chi connectivity index (χ0n) is 8.74. The van der Waals surface area contributed by atoms with E-state index in [9.17, 15) is 8.78 Å². The van der Waals surface area contributed by atoms with Crippen LogP contribution in [-0.2, 0) is 5.92 Å². The molecule has 0 bridgehead atoms. The first-order chi connectivity index (χ1) is 8.14. The van der Waals surface area contributed by atoms with E-state index >= 15 is 0 Å². The van der Waals surface area contributed by atoms with Gasteiger partial charge in [0.1, 0.15) is 0 Å². The number of nitriles is 1. The zero-order chi connectivity index (χ0) is 12.0. The molecule has 1 aliphatic rings. The second kappa shape index (κ2) is 3.14. The molecule has 0 unspecified atom stereocenters. The summed E-state index contributed by atoms with van der Waals surface area (Å²) in [5, 5.41) is 8.76. The molecular weight excluding hydrogens is 220 g/mol. The van der Waals surface area contributed by atoms with Crippen molar-refractivity contribution in [1.82, 2.24) is 0 Å². The Balaban J connectivity index is 2.36. The van der Waals surface area contributed by atoms with Crippen molar-refractivity contribution >= 4 is 0 Å². The highest BCUT2D eigenvalue weighted by Crippen LogP contribution is 2.50. The fourth-order valence-electron chi connectivity index (χ4n) is 2.25. The quantitative estimate of drug-likeness (QED) is 0.673. The molecule has 0 radical (unpaired) electrons. The van der Waals surface area contributed by atoms with Gasteiger partial charge in [-0.15, -0.1) is 0 Å². The molecule has 1 aliphatic carbocycles. The van der Waals surface area contributed by atoms with E-state index in [1.165, 1.54) is 12.1 Å². The Morgan fingerprint density at radius 1 is 0.941 bits per heavy atom. The van der Waals surface area contributed by atoms with Gasteiger partial charge in [-0.25, -0.2) is 0 Å². The molecule has 1 nitrogen and oxygen atoms in total. The molecule has 0 N–H and O–H groups in total. The SMILES string of the molecule is N#Cc1ccc2c(c1)C(F)(F)c1ccccc1-2. The molecule has 2 aromatic carbocycles. The van der Waals surface area contributed by atoms with Crippen LogP contribution in [0.25, 0.3) is 11.1 Å². The van der Waals surface area contributed by atoms with E-state index in [0.29, 0.717) is 11.1 Å². The van der Waals surface area contributed by atoms with Gasteiger partial charge in [-0.3, -0.25) is 0 Å². The van der Waals surface area contributed by atoms with Crippen LogP contribution in [0, 0.1) is 11.3 Å². The minimum Gasteiger partial charge on any atom is -0.196 e. The predicted molar refractivity (Wildman–Crippen MR) is 59.6 cm³/mol. The number of rotatable bonds is 0. The predicted octanol–water partition coefficient (Wildman–Crippen LogP) is 3.68. The summed E-state index contributed by atoms with van der Waals surface area (Å²) in [6, 6.07) is 12.8. The molecule has 0 amide bonds. The summed E-state index contributed by atoms with van der Waals surface area (Å²) in [6.07, 6.45) is 0.